The number of carbonyl (C=O) groups is 2. The molecule has 0 unspecified atom stereocenters. The summed E-state index contributed by atoms with van der Waals surface area (Å²) >= 11 is 0. The molecular weight excluding hydrogens is 222 g/mol. The lowest BCUT2D eigenvalue weighted by Gasteiger charge is -2.17. The number of hydrogen-bond acceptors (Lipinski definition) is 3. The molecule has 0 saturated carbocycles. The Morgan fingerprint density at radius 2 is 2.53 bits per heavy atom. The predicted octanol–water partition coefficient (Wildman–Crippen LogP) is 0.945. The monoisotopic (exact) mass is 237 g/mol. The minimum Gasteiger partial charge on any atom is -0.472 e. The summed E-state index contributed by atoms with van der Waals surface area (Å²) in [6, 6.07) is 1.12. The van der Waals surface area contributed by atoms with Gasteiger partial charge in [-0.2, -0.15) is 0 Å². The third-order valence-electron chi connectivity index (χ3n) is 2.59. The van der Waals surface area contributed by atoms with E-state index < -0.39 is 0 Å². The fraction of sp³-hybridized carbons (Fsp3) is 0.455. The van der Waals surface area contributed by atoms with Gasteiger partial charge in [0.05, 0.1) is 12.5 Å². The summed E-state index contributed by atoms with van der Waals surface area (Å²) in [5, 5.41) is 5.36. The highest BCUT2D eigenvalue weighted by molar-refractivity contribution is 5.95. The van der Waals surface area contributed by atoms with Crippen molar-refractivity contribution in [3.63, 3.8) is 0 Å². The first-order valence-electron chi connectivity index (χ1n) is 5.54. The Kier molecular flexibility index (Phi) is 3.32. The quantitative estimate of drug-likeness (QED) is 0.821. The van der Waals surface area contributed by atoms with Gasteiger partial charge >= 0.3 is 12.1 Å². The molecule has 6 heteroatoms. The van der Waals surface area contributed by atoms with Crippen LogP contribution in [-0.2, 0) is 6.42 Å². The zero-order valence-corrected chi connectivity index (χ0v) is 9.60. The van der Waals surface area contributed by atoms with E-state index in [1.54, 1.807) is 12.5 Å². The van der Waals surface area contributed by atoms with E-state index >= 15 is 0 Å². The van der Waals surface area contributed by atoms with E-state index in [-0.39, 0.29) is 18.1 Å². The topological polar surface area (TPSA) is 74.6 Å². The van der Waals surface area contributed by atoms with Gasteiger partial charge in [0.2, 0.25) is 0 Å². The Labute approximate surface area is 99.0 Å². The van der Waals surface area contributed by atoms with E-state index in [0.717, 1.165) is 5.56 Å². The van der Waals surface area contributed by atoms with Crippen LogP contribution in [0.2, 0.25) is 0 Å². The van der Waals surface area contributed by atoms with Crippen molar-refractivity contribution >= 4 is 12.1 Å². The Morgan fingerprint density at radius 1 is 1.71 bits per heavy atom. The van der Waals surface area contributed by atoms with Gasteiger partial charge in [-0.05, 0) is 25.0 Å². The molecule has 0 radical (unpaired) electrons. The third-order valence-corrected chi connectivity index (χ3v) is 2.59. The van der Waals surface area contributed by atoms with Crippen molar-refractivity contribution in [3.05, 3.63) is 24.2 Å². The second-order valence-electron chi connectivity index (χ2n) is 4.07. The van der Waals surface area contributed by atoms with Gasteiger partial charge in [-0.15, -0.1) is 0 Å². The molecule has 17 heavy (non-hydrogen) atoms. The smallest absolute Gasteiger partial charge is 0.325 e. The van der Waals surface area contributed by atoms with Gasteiger partial charge in [-0.25, -0.2) is 14.5 Å². The van der Waals surface area contributed by atoms with Crippen LogP contribution in [0, 0.1) is 0 Å². The molecule has 1 aliphatic heterocycles. The van der Waals surface area contributed by atoms with Gasteiger partial charge in [-0.3, -0.25) is 0 Å². The van der Waals surface area contributed by atoms with E-state index in [2.05, 4.69) is 10.6 Å². The summed E-state index contributed by atoms with van der Waals surface area (Å²) in [6.07, 6.45) is 3.92. The standard InChI is InChI=1S/C11H15N3O3/c1-8(6-9-2-5-17-7-9)13-11(16)14-4-3-12-10(14)15/h2,5,7-8H,3-4,6H2,1H3,(H,12,15)(H,13,16)/t8-/m0/s1. The summed E-state index contributed by atoms with van der Waals surface area (Å²) in [5.41, 5.74) is 1.02. The first-order valence-corrected chi connectivity index (χ1v) is 5.54. The van der Waals surface area contributed by atoms with Crippen molar-refractivity contribution in [1.82, 2.24) is 15.5 Å². The third kappa shape index (κ3) is 2.77. The van der Waals surface area contributed by atoms with E-state index in [0.29, 0.717) is 19.5 Å². The molecule has 2 rings (SSSR count). The number of furan rings is 1. The molecule has 1 saturated heterocycles. The number of amides is 4. The first kappa shape index (κ1) is 11.5. The maximum Gasteiger partial charge on any atom is 0.325 e. The Hall–Kier alpha value is -1.98. The molecule has 2 heterocycles. The molecule has 1 aliphatic rings. The lowest BCUT2D eigenvalue weighted by Crippen LogP contribution is -2.45. The molecule has 1 atom stereocenters. The average Bonchev–Trinajstić information content (AvgIpc) is 2.88. The van der Waals surface area contributed by atoms with E-state index in [1.165, 1.54) is 4.90 Å². The van der Waals surface area contributed by atoms with E-state index in [1.807, 2.05) is 13.0 Å². The van der Waals surface area contributed by atoms with Gasteiger partial charge in [0.25, 0.3) is 0 Å². The van der Waals surface area contributed by atoms with Crippen LogP contribution in [0.3, 0.4) is 0 Å². The fourth-order valence-electron chi connectivity index (χ4n) is 1.77. The normalized spacial score (nSPS) is 16.8. The molecule has 0 aromatic carbocycles. The van der Waals surface area contributed by atoms with Crippen molar-refractivity contribution < 1.29 is 14.0 Å². The molecule has 0 bridgehead atoms. The highest BCUT2D eigenvalue weighted by Gasteiger charge is 2.26. The Morgan fingerprint density at radius 3 is 3.12 bits per heavy atom. The molecule has 1 aromatic heterocycles. The minimum absolute atomic E-state index is 0.0477. The van der Waals surface area contributed by atoms with Crippen molar-refractivity contribution in [2.45, 2.75) is 19.4 Å². The maximum absolute atomic E-state index is 11.7. The second kappa shape index (κ2) is 4.90. The summed E-state index contributed by atoms with van der Waals surface area (Å²) in [6.45, 7) is 2.82. The number of nitrogens with one attached hydrogen (secondary N) is 2. The van der Waals surface area contributed by atoms with Gasteiger partial charge < -0.3 is 15.1 Å². The number of rotatable bonds is 3. The summed E-state index contributed by atoms with van der Waals surface area (Å²) in [5.74, 6) is 0. The summed E-state index contributed by atoms with van der Waals surface area (Å²) < 4.78 is 4.95. The van der Waals surface area contributed by atoms with Crippen LogP contribution < -0.4 is 10.6 Å². The van der Waals surface area contributed by atoms with Crippen LogP contribution >= 0.6 is 0 Å². The highest BCUT2D eigenvalue weighted by atomic mass is 16.3. The van der Waals surface area contributed by atoms with Crippen LogP contribution in [-0.4, -0.2) is 36.1 Å². The molecule has 0 aliphatic carbocycles. The number of nitrogens with zero attached hydrogens (tertiary/aromatic N) is 1. The largest absolute Gasteiger partial charge is 0.472 e. The summed E-state index contributed by atoms with van der Waals surface area (Å²) in [7, 11) is 0. The summed E-state index contributed by atoms with van der Waals surface area (Å²) in [4.78, 5) is 24.2. The minimum atomic E-state index is -0.351. The van der Waals surface area contributed by atoms with Crippen molar-refractivity contribution in [2.75, 3.05) is 13.1 Å². The first-order chi connectivity index (χ1) is 8.16. The predicted molar refractivity (Wildman–Crippen MR) is 60.5 cm³/mol. The number of carbonyl (C=O) groups excluding carboxylic acids is 2. The van der Waals surface area contributed by atoms with E-state index in [9.17, 15) is 9.59 Å². The van der Waals surface area contributed by atoms with Crippen molar-refractivity contribution in [1.29, 1.82) is 0 Å². The van der Waals surface area contributed by atoms with Crippen molar-refractivity contribution in [3.8, 4) is 0 Å². The molecule has 4 amide bonds. The van der Waals surface area contributed by atoms with Crippen molar-refractivity contribution in [2.24, 2.45) is 0 Å². The molecule has 2 N–H and O–H groups in total. The highest BCUT2D eigenvalue weighted by Crippen LogP contribution is 2.05. The van der Waals surface area contributed by atoms with Crippen LogP contribution in [0.1, 0.15) is 12.5 Å². The molecular formula is C11H15N3O3. The van der Waals surface area contributed by atoms with E-state index in [4.69, 9.17) is 4.42 Å². The SMILES string of the molecule is C[C@@H](Cc1ccoc1)NC(=O)N1CCNC1=O. The average molecular weight is 237 g/mol. The zero-order chi connectivity index (χ0) is 12.3. The lowest BCUT2D eigenvalue weighted by molar-refractivity contribution is 0.196. The lowest BCUT2D eigenvalue weighted by atomic mass is 10.1. The second-order valence-corrected chi connectivity index (χ2v) is 4.07. The van der Waals surface area contributed by atoms with Gasteiger partial charge in [0, 0.05) is 19.1 Å². The van der Waals surface area contributed by atoms with Crippen LogP contribution in [0.4, 0.5) is 9.59 Å². The van der Waals surface area contributed by atoms with Gasteiger partial charge in [0.1, 0.15) is 0 Å². The maximum atomic E-state index is 11.7. The molecule has 1 aromatic rings. The molecule has 92 valence electrons. The van der Waals surface area contributed by atoms with Gasteiger partial charge in [0.15, 0.2) is 0 Å². The van der Waals surface area contributed by atoms with Gasteiger partial charge in [-0.1, -0.05) is 0 Å². The Bertz CT molecular complexity index is 402. The number of imide groups is 1. The van der Waals surface area contributed by atoms with Crippen LogP contribution in [0.25, 0.3) is 0 Å². The molecule has 0 spiro atoms. The fourth-order valence-corrected chi connectivity index (χ4v) is 1.77. The number of hydrogen-bond donors (Lipinski definition) is 2. The number of urea groups is 2. The molecule has 1 fully saturated rings. The zero-order valence-electron chi connectivity index (χ0n) is 9.60. The molecule has 6 nitrogen and oxygen atoms in total. The van der Waals surface area contributed by atoms with Crippen LogP contribution in [0.5, 0.6) is 0 Å². The Balaban J connectivity index is 1.84. The van der Waals surface area contributed by atoms with Crippen LogP contribution in [0.15, 0.2) is 23.0 Å².